The molecule has 2 nitrogen and oxygen atoms in total. The highest BCUT2D eigenvalue weighted by atomic mass is 14.9. The van der Waals surface area contributed by atoms with Crippen molar-refractivity contribution in [2.75, 3.05) is 0 Å². The Balaban J connectivity index is 1.43. The maximum atomic E-state index is 5.09. The van der Waals surface area contributed by atoms with Crippen molar-refractivity contribution in [3.8, 4) is 33.9 Å². The third-order valence-electron chi connectivity index (χ3n) is 7.85. The molecule has 0 unspecified atom stereocenters. The van der Waals surface area contributed by atoms with Gasteiger partial charge in [0.15, 0.2) is 5.82 Å². The molecule has 0 saturated carbocycles. The largest absolute Gasteiger partial charge is 0.228 e. The van der Waals surface area contributed by atoms with E-state index in [-0.39, 0.29) is 0 Å². The molecule has 7 aromatic carbocycles. The number of nitrogens with zero attached hydrogens (tertiary/aromatic N) is 2. The van der Waals surface area contributed by atoms with Crippen LogP contribution >= 0.6 is 0 Å². The molecule has 8 rings (SSSR count). The third-order valence-corrected chi connectivity index (χ3v) is 7.85. The lowest BCUT2D eigenvalue weighted by molar-refractivity contribution is 1.18. The van der Waals surface area contributed by atoms with E-state index in [0.717, 1.165) is 33.9 Å². The molecule has 0 bridgehead atoms. The third kappa shape index (κ3) is 3.65. The SMILES string of the molecule is c1ccc(-c2cc(-c3ccc4c(c3)c3ccccc3c3ccc5ccccc5c34)nc(-c3ccccc3)n2)cc1. The average molecular weight is 509 g/mol. The highest BCUT2D eigenvalue weighted by molar-refractivity contribution is 6.31. The van der Waals surface area contributed by atoms with Gasteiger partial charge in [-0.2, -0.15) is 0 Å². The van der Waals surface area contributed by atoms with Crippen LogP contribution in [-0.4, -0.2) is 9.97 Å². The van der Waals surface area contributed by atoms with Crippen molar-refractivity contribution in [2.45, 2.75) is 0 Å². The van der Waals surface area contributed by atoms with E-state index >= 15 is 0 Å². The summed E-state index contributed by atoms with van der Waals surface area (Å²) in [6.07, 6.45) is 0. The maximum Gasteiger partial charge on any atom is 0.160 e. The summed E-state index contributed by atoms with van der Waals surface area (Å²) in [7, 11) is 0. The van der Waals surface area contributed by atoms with Gasteiger partial charge in [-0.05, 0) is 55.2 Å². The fraction of sp³-hybridized carbons (Fsp3) is 0. The second kappa shape index (κ2) is 9.14. The van der Waals surface area contributed by atoms with E-state index in [1.165, 1.54) is 43.1 Å². The fourth-order valence-corrected chi connectivity index (χ4v) is 5.95. The average Bonchev–Trinajstić information content (AvgIpc) is 3.05. The van der Waals surface area contributed by atoms with Crippen molar-refractivity contribution in [2.24, 2.45) is 0 Å². The summed E-state index contributed by atoms with van der Waals surface area (Å²) < 4.78 is 0. The molecule has 0 fully saturated rings. The molecule has 0 amide bonds. The number of rotatable bonds is 3. The quantitative estimate of drug-likeness (QED) is 0.222. The Labute approximate surface area is 232 Å². The van der Waals surface area contributed by atoms with Gasteiger partial charge in [0, 0.05) is 16.7 Å². The molecule has 1 aromatic heterocycles. The first kappa shape index (κ1) is 22.6. The Kier molecular flexibility index (Phi) is 5.17. The first-order valence-corrected chi connectivity index (χ1v) is 13.6. The van der Waals surface area contributed by atoms with E-state index in [1.807, 2.05) is 24.3 Å². The molecule has 0 saturated heterocycles. The molecule has 0 aliphatic heterocycles. The van der Waals surface area contributed by atoms with Gasteiger partial charge in [0.05, 0.1) is 11.4 Å². The van der Waals surface area contributed by atoms with Crippen molar-refractivity contribution in [3.63, 3.8) is 0 Å². The van der Waals surface area contributed by atoms with Gasteiger partial charge >= 0.3 is 0 Å². The first-order valence-electron chi connectivity index (χ1n) is 13.6. The van der Waals surface area contributed by atoms with E-state index in [4.69, 9.17) is 9.97 Å². The van der Waals surface area contributed by atoms with Crippen LogP contribution in [0.4, 0.5) is 0 Å². The lowest BCUT2D eigenvalue weighted by Crippen LogP contribution is -1.96. The Morgan fingerprint density at radius 1 is 0.325 bits per heavy atom. The van der Waals surface area contributed by atoms with E-state index in [0.29, 0.717) is 0 Å². The van der Waals surface area contributed by atoms with Gasteiger partial charge < -0.3 is 0 Å². The molecule has 0 aliphatic carbocycles. The Morgan fingerprint density at radius 3 is 1.62 bits per heavy atom. The lowest BCUT2D eigenvalue weighted by Gasteiger charge is -2.14. The minimum absolute atomic E-state index is 0.728. The van der Waals surface area contributed by atoms with Gasteiger partial charge in [-0.1, -0.05) is 133 Å². The highest BCUT2D eigenvalue weighted by Crippen LogP contribution is 2.40. The summed E-state index contributed by atoms with van der Waals surface area (Å²) >= 11 is 0. The van der Waals surface area contributed by atoms with Crippen molar-refractivity contribution in [1.29, 1.82) is 0 Å². The van der Waals surface area contributed by atoms with Crippen LogP contribution in [-0.2, 0) is 0 Å². The minimum atomic E-state index is 0.728. The molecule has 8 aromatic rings. The summed E-state index contributed by atoms with van der Waals surface area (Å²) in [6.45, 7) is 0. The van der Waals surface area contributed by atoms with Gasteiger partial charge in [-0.15, -0.1) is 0 Å². The monoisotopic (exact) mass is 508 g/mol. The number of fused-ring (bicyclic) bond motifs is 8. The van der Waals surface area contributed by atoms with E-state index < -0.39 is 0 Å². The zero-order valence-corrected chi connectivity index (χ0v) is 21.8. The van der Waals surface area contributed by atoms with Gasteiger partial charge in [0.2, 0.25) is 0 Å². The van der Waals surface area contributed by atoms with Crippen LogP contribution < -0.4 is 0 Å². The molecule has 0 spiro atoms. The second-order valence-electron chi connectivity index (χ2n) is 10.2. The summed E-state index contributed by atoms with van der Waals surface area (Å²) in [5, 5.41) is 10.1. The van der Waals surface area contributed by atoms with Crippen molar-refractivity contribution < 1.29 is 0 Å². The first-order chi connectivity index (χ1) is 19.8. The predicted octanol–water partition coefficient (Wildman–Crippen LogP) is 10.1. The Hall–Kier alpha value is -5.34. The molecule has 0 atom stereocenters. The van der Waals surface area contributed by atoms with Crippen LogP contribution in [0.2, 0.25) is 0 Å². The van der Waals surface area contributed by atoms with Crippen molar-refractivity contribution in [3.05, 3.63) is 146 Å². The number of aromatic nitrogens is 2. The maximum absolute atomic E-state index is 5.09. The molecule has 186 valence electrons. The van der Waals surface area contributed by atoms with Crippen LogP contribution in [0, 0.1) is 0 Å². The van der Waals surface area contributed by atoms with Crippen LogP contribution in [0.25, 0.3) is 77.0 Å². The minimum Gasteiger partial charge on any atom is -0.228 e. The standard InChI is InChI=1S/C38H24N2/c1-3-12-26(13-4-1)35-24-36(40-38(39-35)27-14-5-2-6-15-27)28-20-22-33-34(23-28)31-18-10-9-17-30(31)32-21-19-25-11-7-8-16-29(25)37(32)33/h1-24H. The van der Waals surface area contributed by atoms with Crippen LogP contribution in [0.5, 0.6) is 0 Å². The summed E-state index contributed by atoms with van der Waals surface area (Å²) in [6, 6.07) is 51.4. The molecule has 40 heavy (non-hydrogen) atoms. The fourth-order valence-electron chi connectivity index (χ4n) is 5.95. The van der Waals surface area contributed by atoms with Gasteiger partial charge in [-0.3, -0.25) is 0 Å². The molecule has 0 aliphatic rings. The highest BCUT2D eigenvalue weighted by Gasteiger charge is 2.14. The molecular weight excluding hydrogens is 484 g/mol. The van der Waals surface area contributed by atoms with Gasteiger partial charge in [0.25, 0.3) is 0 Å². The van der Waals surface area contributed by atoms with Crippen LogP contribution in [0.15, 0.2) is 146 Å². The Bertz CT molecular complexity index is 2140. The van der Waals surface area contributed by atoms with E-state index in [9.17, 15) is 0 Å². The van der Waals surface area contributed by atoms with Gasteiger partial charge in [0.1, 0.15) is 0 Å². The lowest BCUT2D eigenvalue weighted by atomic mass is 9.90. The van der Waals surface area contributed by atoms with Crippen LogP contribution in [0.1, 0.15) is 0 Å². The number of hydrogen-bond acceptors (Lipinski definition) is 2. The molecule has 2 heteroatoms. The number of hydrogen-bond donors (Lipinski definition) is 0. The normalized spacial score (nSPS) is 11.5. The number of benzene rings is 7. The smallest absolute Gasteiger partial charge is 0.160 e. The topological polar surface area (TPSA) is 25.8 Å². The van der Waals surface area contributed by atoms with Gasteiger partial charge in [-0.25, -0.2) is 9.97 Å². The summed E-state index contributed by atoms with van der Waals surface area (Å²) in [5.41, 5.74) is 4.99. The predicted molar refractivity (Wildman–Crippen MR) is 168 cm³/mol. The summed E-state index contributed by atoms with van der Waals surface area (Å²) in [4.78, 5) is 10.1. The second-order valence-corrected chi connectivity index (χ2v) is 10.2. The molecule has 1 heterocycles. The van der Waals surface area contributed by atoms with E-state index in [1.54, 1.807) is 0 Å². The molecule has 0 N–H and O–H groups in total. The zero-order valence-electron chi connectivity index (χ0n) is 21.8. The van der Waals surface area contributed by atoms with E-state index in [2.05, 4.69) is 121 Å². The summed E-state index contributed by atoms with van der Waals surface area (Å²) in [5.74, 6) is 0.728. The molecular formula is C38H24N2. The van der Waals surface area contributed by atoms with Crippen molar-refractivity contribution in [1.82, 2.24) is 9.97 Å². The van der Waals surface area contributed by atoms with Crippen LogP contribution in [0.3, 0.4) is 0 Å². The van der Waals surface area contributed by atoms with Crippen molar-refractivity contribution >= 4 is 43.1 Å². The Morgan fingerprint density at radius 2 is 0.875 bits per heavy atom. The zero-order chi connectivity index (χ0) is 26.5. The molecule has 0 radical (unpaired) electrons.